The van der Waals surface area contributed by atoms with Gasteiger partial charge in [0, 0.05) is 12.8 Å². The molecule has 2 aromatic carbocycles. The van der Waals surface area contributed by atoms with Crippen LogP contribution in [0.3, 0.4) is 0 Å². The van der Waals surface area contributed by atoms with E-state index in [-0.39, 0.29) is 5.78 Å². The molecule has 0 aliphatic carbocycles. The number of hydrogen-bond acceptors (Lipinski definition) is 2. The summed E-state index contributed by atoms with van der Waals surface area (Å²) in [5.74, 6) is 1.06. The predicted molar refractivity (Wildman–Crippen MR) is 81.2 cm³/mol. The molecule has 0 bridgehead atoms. The summed E-state index contributed by atoms with van der Waals surface area (Å²) in [7, 11) is 1.64. The van der Waals surface area contributed by atoms with Gasteiger partial charge in [0.05, 0.1) is 7.11 Å². The quantitative estimate of drug-likeness (QED) is 0.797. The number of ether oxygens (including phenoxy) is 1. The van der Waals surface area contributed by atoms with E-state index in [1.165, 1.54) is 11.1 Å². The third-order valence-corrected chi connectivity index (χ3v) is 3.35. The van der Waals surface area contributed by atoms with Gasteiger partial charge in [-0.1, -0.05) is 42.0 Å². The molecule has 2 nitrogen and oxygen atoms in total. The molecule has 0 amide bonds. The zero-order valence-corrected chi connectivity index (χ0v) is 12.1. The number of carbonyl (C=O) groups excluding carboxylic acids is 1. The highest BCUT2D eigenvalue weighted by molar-refractivity contribution is 5.81. The zero-order valence-electron chi connectivity index (χ0n) is 12.1. The summed E-state index contributed by atoms with van der Waals surface area (Å²) < 4.78 is 5.17. The first-order valence-corrected chi connectivity index (χ1v) is 6.87. The second-order valence-corrected chi connectivity index (χ2v) is 5.05. The Labute approximate surface area is 120 Å². The molecule has 2 rings (SSSR count). The highest BCUT2D eigenvalue weighted by atomic mass is 16.5. The molecule has 0 saturated heterocycles. The highest BCUT2D eigenvalue weighted by Gasteiger charge is 2.05. The van der Waals surface area contributed by atoms with Crippen LogP contribution in [0.1, 0.15) is 23.1 Å². The van der Waals surface area contributed by atoms with Gasteiger partial charge in [-0.05, 0) is 36.6 Å². The molecule has 0 fully saturated rings. The lowest BCUT2D eigenvalue weighted by atomic mass is 10.0. The Kier molecular flexibility index (Phi) is 4.94. The lowest BCUT2D eigenvalue weighted by Crippen LogP contribution is -2.04. The smallest absolute Gasteiger partial charge is 0.137 e. The van der Waals surface area contributed by atoms with Gasteiger partial charge in [-0.2, -0.15) is 0 Å². The van der Waals surface area contributed by atoms with Crippen LogP contribution in [-0.4, -0.2) is 12.9 Å². The molecule has 0 radical (unpaired) electrons. The summed E-state index contributed by atoms with van der Waals surface area (Å²) in [5.41, 5.74) is 3.48. The van der Waals surface area contributed by atoms with Crippen LogP contribution in [0.4, 0.5) is 0 Å². The van der Waals surface area contributed by atoms with E-state index < -0.39 is 0 Å². The van der Waals surface area contributed by atoms with E-state index in [9.17, 15) is 4.79 Å². The number of ketones is 1. The Morgan fingerprint density at radius 1 is 1.05 bits per heavy atom. The average Bonchev–Trinajstić information content (AvgIpc) is 2.47. The van der Waals surface area contributed by atoms with Crippen LogP contribution in [-0.2, 0) is 17.6 Å². The van der Waals surface area contributed by atoms with Crippen molar-refractivity contribution in [2.45, 2.75) is 26.2 Å². The van der Waals surface area contributed by atoms with Crippen LogP contribution in [0.2, 0.25) is 0 Å². The van der Waals surface area contributed by atoms with E-state index in [0.717, 1.165) is 17.7 Å². The molecule has 2 aromatic rings. The molecule has 0 aromatic heterocycles. The molecule has 0 aliphatic rings. The molecule has 20 heavy (non-hydrogen) atoms. The van der Waals surface area contributed by atoms with Crippen molar-refractivity contribution in [1.82, 2.24) is 0 Å². The normalized spacial score (nSPS) is 10.3. The number of hydrogen-bond donors (Lipinski definition) is 0. The van der Waals surface area contributed by atoms with Crippen LogP contribution in [0, 0.1) is 6.92 Å². The van der Waals surface area contributed by atoms with Gasteiger partial charge < -0.3 is 4.74 Å². The van der Waals surface area contributed by atoms with Gasteiger partial charge in [-0.3, -0.25) is 4.79 Å². The summed E-state index contributed by atoms with van der Waals surface area (Å²) in [6, 6.07) is 16.0. The number of carbonyl (C=O) groups is 1. The standard InChI is InChI=1S/C18H20O2/c1-14-6-8-15(9-7-14)10-11-17(19)12-16-4-3-5-18(13-16)20-2/h3-9,13H,10-12H2,1-2H3. The van der Waals surface area contributed by atoms with Crippen LogP contribution >= 0.6 is 0 Å². The molecule has 104 valence electrons. The van der Waals surface area contributed by atoms with E-state index in [4.69, 9.17) is 4.74 Å². The van der Waals surface area contributed by atoms with Crippen molar-refractivity contribution < 1.29 is 9.53 Å². The Morgan fingerprint density at radius 3 is 2.50 bits per heavy atom. The van der Waals surface area contributed by atoms with Crippen LogP contribution < -0.4 is 4.74 Å². The second-order valence-electron chi connectivity index (χ2n) is 5.05. The van der Waals surface area contributed by atoms with Crippen molar-refractivity contribution in [1.29, 1.82) is 0 Å². The summed E-state index contributed by atoms with van der Waals surface area (Å²) in [6.45, 7) is 2.07. The van der Waals surface area contributed by atoms with Crippen LogP contribution in [0.15, 0.2) is 48.5 Å². The monoisotopic (exact) mass is 268 g/mol. The van der Waals surface area contributed by atoms with Gasteiger partial charge in [0.25, 0.3) is 0 Å². The Balaban J connectivity index is 1.87. The first kappa shape index (κ1) is 14.3. The van der Waals surface area contributed by atoms with Crippen molar-refractivity contribution in [2.24, 2.45) is 0 Å². The van der Waals surface area contributed by atoms with Crippen molar-refractivity contribution in [3.63, 3.8) is 0 Å². The van der Waals surface area contributed by atoms with Crippen LogP contribution in [0.5, 0.6) is 5.75 Å². The maximum Gasteiger partial charge on any atom is 0.137 e. The molecule has 2 heteroatoms. The minimum atomic E-state index is 0.263. The summed E-state index contributed by atoms with van der Waals surface area (Å²) in [4.78, 5) is 12.0. The molecule has 0 aliphatic heterocycles. The highest BCUT2D eigenvalue weighted by Crippen LogP contribution is 2.14. The fraction of sp³-hybridized carbons (Fsp3) is 0.278. The second kappa shape index (κ2) is 6.90. The van der Waals surface area contributed by atoms with Gasteiger partial charge in [0.2, 0.25) is 0 Å². The van der Waals surface area contributed by atoms with Gasteiger partial charge in [0.1, 0.15) is 11.5 Å². The first-order chi connectivity index (χ1) is 9.67. The minimum absolute atomic E-state index is 0.263. The van der Waals surface area contributed by atoms with E-state index in [1.54, 1.807) is 7.11 Å². The molecule has 0 atom stereocenters. The third kappa shape index (κ3) is 4.23. The molecule has 0 spiro atoms. The Morgan fingerprint density at radius 2 is 1.80 bits per heavy atom. The summed E-state index contributed by atoms with van der Waals surface area (Å²) >= 11 is 0. The molecule has 0 N–H and O–H groups in total. The van der Waals surface area contributed by atoms with Crippen LogP contribution in [0.25, 0.3) is 0 Å². The van der Waals surface area contributed by atoms with Gasteiger partial charge >= 0.3 is 0 Å². The fourth-order valence-electron chi connectivity index (χ4n) is 2.14. The minimum Gasteiger partial charge on any atom is -0.497 e. The Bertz CT molecular complexity index is 570. The average molecular weight is 268 g/mol. The number of methoxy groups -OCH3 is 1. The number of rotatable bonds is 6. The summed E-state index contributed by atoms with van der Waals surface area (Å²) in [6.07, 6.45) is 1.87. The van der Waals surface area contributed by atoms with Crippen molar-refractivity contribution in [3.8, 4) is 5.75 Å². The molecule has 0 saturated carbocycles. The molecule has 0 heterocycles. The lowest BCUT2D eigenvalue weighted by molar-refractivity contribution is -0.118. The lowest BCUT2D eigenvalue weighted by Gasteiger charge is -2.05. The van der Waals surface area contributed by atoms with Gasteiger partial charge in [-0.25, -0.2) is 0 Å². The number of benzene rings is 2. The zero-order chi connectivity index (χ0) is 14.4. The largest absolute Gasteiger partial charge is 0.497 e. The number of Topliss-reactive ketones (excluding diaryl/α,β-unsaturated/α-hetero) is 1. The van der Waals surface area contributed by atoms with Gasteiger partial charge in [-0.15, -0.1) is 0 Å². The maximum atomic E-state index is 12.0. The molecular weight excluding hydrogens is 248 g/mol. The molecule has 0 unspecified atom stereocenters. The Hall–Kier alpha value is -2.09. The van der Waals surface area contributed by atoms with E-state index >= 15 is 0 Å². The number of aryl methyl sites for hydroxylation is 2. The van der Waals surface area contributed by atoms with Crippen molar-refractivity contribution in [2.75, 3.05) is 7.11 Å². The first-order valence-electron chi connectivity index (χ1n) is 6.87. The SMILES string of the molecule is COc1cccc(CC(=O)CCc2ccc(C)cc2)c1. The van der Waals surface area contributed by atoms with E-state index in [0.29, 0.717) is 12.8 Å². The molecular formula is C18H20O2. The van der Waals surface area contributed by atoms with Crippen molar-refractivity contribution in [3.05, 3.63) is 65.2 Å². The third-order valence-electron chi connectivity index (χ3n) is 3.35. The van der Waals surface area contributed by atoms with Gasteiger partial charge in [0.15, 0.2) is 0 Å². The topological polar surface area (TPSA) is 26.3 Å². The predicted octanol–water partition coefficient (Wildman–Crippen LogP) is 3.75. The summed E-state index contributed by atoms with van der Waals surface area (Å²) in [5, 5.41) is 0. The van der Waals surface area contributed by atoms with Crippen molar-refractivity contribution >= 4 is 5.78 Å². The van der Waals surface area contributed by atoms with E-state index in [2.05, 4.69) is 31.2 Å². The van der Waals surface area contributed by atoms with E-state index in [1.807, 2.05) is 24.3 Å². The fourth-order valence-corrected chi connectivity index (χ4v) is 2.14. The maximum absolute atomic E-state index is 12.0.